The largest absolute Gasteiger partial charge is 0.375 e. The van der Waals surface area contributed by atoms with E-state index in [0.717, 1.165) is 35.6 Å². The molecule has 1 saturated heterocycles. The van der Waals surface area contributed by atoms with Gasteiger partial charge in [-0.2, -0.15) is 0 Å². The summed E-state index contributed by atoms with van der Waals surface area (Å²) in [5.41, 5.74) is 2.98. The van der Waals surface area contributed by atoms with Crippen LogP contribution in [0.2, 0.25) is 0 Å². The van der Waals surface area contributed by atoms with Crippen molar-refractivity contribution in [2.75, 3.05) is 24.6 Å². The van der Waals surface area contributed by atoms with Gasteiger partial charge < -0.3 is 20.3 Å². The molecule has 2 unspecified atom stereocenters. The number of rotatable bonds is 7. The van der Waals surface area contributed by atoms with Gasteiger partial charge in [-0.05, 0) is 31.0 Å². The Morgan fingerprint density at radius 3 is 2.63 bits per heavy atom. The van der Waals surface area contributed by atoms with Gasteiger partial charge >= 0.3 is 0 Å². The van der Waals surface area contributed by atoms with Crippen LogP contribution in [-0.4, -0.2) is 42.6 Å². The fourth-order valence-electron chi connectivity index (χ4n) is 3.49. The zero-order chi connectivity index (χ0) is 21.5. The number of nitrogens with zero attached hydrogens (tertiary/aromatic N) is 2. The Morgan fingerprint density at radius 1 is 1.23 bits per heavy atom. The number of benzene rings is 1. The molecule has 0 saturated carbocycles. The predicted molar refractivity (Wildman–Crippen MR) is 116 cm³/mol. The lowest BCUT2D eigenvalue weighted by atomic mass is 10.0. The standard InChI is InChI=1S/C23H30N4O3/c1-16-4-7-20(8-5-16)21(26-18(3)28)12-23(29)25-14-19-6-9-22(24-13-19)27-10-11-30-17(2)15-27/h4-9,13,17,21H,10-12,14-15H2,1-3H3,(H,25,29)(H,26,28). The van der Waals surface area contributed by atoms with E-state index in [4.69, 9.17) is 4.74 Å². The number of hydrogen-bond donors (Lipinski definition) is 2. The fraction of sp³-hybridized carbons (Fsp3) is 0.435. The summed E-state index contributed by atoms with van der Waals surface area (Å²) in [6.07, 6.45) is 2.17. The molecule has 0 bridgehead atoms. The van der Waals surface area contributed by atoms with Gasteiger partial charge in [0, 0.05) is 32.8 Å². The molecule has 0 spiro atoms. The second-order valence-electron chi connectivity index (χ2n) is 7.80. The number of ether oxygens (including phenoxy) is 1. The summed E-state index contributed by atoms with van der Waals surface area (Å²) >= 11 is 0. The van der Waals surface area contributed by atoms with Crippen molar-refractivity contribution < 1.29 is 14.3 Å². The topological polar surface area (TPSA) is 83.6 Å². The van der Waals surface area contributed by atoms with Crippen molar-refractivity contribution in [2.45, 2.75) is 45.9 Å². The lowest BCUT2D eigenvalue weighted by Crippen LogP contribution is -2.41. The van der Waals surface area contributed by atoms with Gasteiger partial charge in [0.2, 0.25) is 11.8 Å². The first kappa shape index (κ1) is 21.8. The molecule has 2 atom stereocenters. The van der Waals surface area contributed by atoms with Crippen molar-refractivity contribution in [1.29, 1.82) is 0 Å². The molecule has 7 nitrogen and oxygen atoms in total. The summed E-state index contributed by atoms with van der Waals surface area (Å²) in [4.78, 5) is 30.8. The van der Waals surface area contributed by atoms with E-state index in [1.165, 1.54) is 6.92 Å². The number of aromatic nitrogens is 1. The highest BCUT2D eigenvalue weighted by atomic mass is 16.5. The summed E-state index contributed by atoms with van der Waals surface area (Å²) in [5.74, 6) is 0.635. The molecular formula is C23H30N4O3. The maximum atomic E-state index is 12.5. The minimum absolute atomic E-state index is 0.125. The van der Waals surface area contributed by atoms with E-state index in [2.05, 4.69) is 27.4 Å². The fourth-order valence-corrected chi connectivity index (χ4v) is 3.49. The highest BCUT2D eigenvalue weighted by molar-refractivity contribution is 5.79. The first-order chi connectivity index (χ1) is 14.4. The molecule has 2 heterocycles. The first-order valence-corrected chi connectivity index (χ1v) is 10.3. The summed E-state index contributed by atoms with van der Waals surface area (Å²) in [5, 5.41) is 5.79. The molecular weight excluding hydrogens is 380 g/mol. The van der Waals surface area contributed by atoms with Gasteiger partial charge in [-0.1, -0.05) is 35.9 Å². The van der Waals surface area contributed by atoms with Crippen molar-refractivity contribution in [3.63, 3.8) is 0 Å². The average molecular weight is 411 g/mol. The Morgan fingerprint density at radius 2 is 2.00 bits per heavy atom. The molecule has 160 valence electrons. The second kappa shape index (κ2) is 10.2. The number of carbonyl (C=O) groups excluding carboxylic acids is 2. The van der Waals surface area contributed by atoms with Gasteiger partial charge in [-0.3, -0.25) is 9.59 Å². The Balaban J connectivity index is 1.54. The smallest absolute Gasteiger partial charge is 0.222 e. The van der Waals surface area contributed by atoms with Gasteiger partial charge in [0.1, 0.15) is 5.82 Å². The van der Waals surface area contributed by atoms with Crippen LogP contribution in [0.15, 0.2) is 42.6 Å². The van der Waals surface area contributed by atoms with Crippen LogP contribution in [0.25, 0.3) is 0 Å². The van der Waals surface area contributed by atoms with Gasteiger partial charge in [0.15, 0.2) is 0 Å². The minimum atomic E-state index is -0.355. The quantitative estimate of drug-likeness (QED) is 0.733. The first-order valence-electron chi connectivity index (χ1n) is 10.3. The Bertz CT molecular complexity index is 852. The van der Waals surface area contributed by atoms with Gasteiger partial charge in [0.25, 0.3) is 0 Å². The van der Waals surface area contributed by atoms with E-state index in [9.17, 15) is 9.59 Å². The predicted octanol–water partition coefficient (Wildman–Crippen LogP) is 2.50. The molecule has 2 aromatic rings. The number of nitrogens with one attached hydrogen (secondary N) is 2. The lowest BCUT2D eigenvalue weighted by molar-refractivity contribution is -0.122. The Hall–Kier alpha value is -2.93. The third-order valence-electron chi connectivity index (χ3n) is 5.11. The molecule has 0 radical (unpaired) electrons. The highest BCUT2D eigenvalue weighted by Gasteiger charge is 2.19. The number of amides is 2. The molecule has 30 heavy (non-hydrogen) atoms. The van der Waals surface area contributed by atoms with Crippen LogP contribution < -0.4 is 15.5 Å². The summed E-state index contributed by atoms with van der Waals surface area (Å²) in [6.45, 7) is 8.28. The van der Waals surface area contributed by atoms with Crippen molar-refractivity contribution in [3.8, 4) is 0 Å². The minimum Gasteiger partial charge on any atom is -0.375 e. The third-order valence-corrected chi connectivity index (χ3v) is 5.11. The van der Waals surface area contributed by atoms with Crippen molar-refractivity contribution in [1.82, 2.24) is 15.6 Å². The molecule has 2 N–H and O–H groups in total. The molecule has 0 aliphatic carbocycles. The van der Waals surface area contributed by atoms with Crippen LogP contribution in [0.4, 0.5) is 5.82 Å². The number of carbonyl (C=O) groups is 2. The second-order valence-corrected chi connectivity index (χ2v) is 7.80. The number of morpholine rings is 1. The van der Waals surface area contributed by atoms with Crippen LogP contribution in [0.1, 0.15) is 43.0 Å². The van der Waals surface area contributed by atoms with E-state index in [1.807, 2.05) is 43.3 Å². The molecule has 2 amide bonds. The van der Waals surface area contributed by atoms with Crippen LogP contribution in [0.3, 0.4) is 0 Å². The lowest BCUT2D eigenvalue weighted by Gasteiger charge is -2.32. The maximum Gasteiger partial charge on any atom is 0.222 e. The molecule has 1 fully saturated rings. The SMILES string of the molecule is CC(=O)NC(CC(=O)NCc1ccc(N2CCOC(C)C2)nc1)c1ccc(C)cc1. The zero-order valence-corrected chi connectivity index (χ0v) is 17.9. The monoisotopic (exact) mass is 410 g/mol. The molecule has 7 heteroatoms. The van der Waals surface area contributed by atoms with E-state index in [1.54, 1.807) is 6.20 Å². The van der Waals surface area contributed by atoms with E-state index >= 15 is 0 Å². The number of hydrogen-bond acceptors (Lipinski definition) is 5. The van der Waals surface area contributed by atoms with Crippen molar-refractivity contribution in [3.05, 3.63) is 59.3 Å². The van der Waals surface area contributed by atoms with E-state index < -0.39 is 0 Å². The van der Waals surface area contributed by atoms with Gasteiger partial charge in [-0.15, -0.1) is 0 Å². The van der Waals surface area contributed by atoms with Crippen LogP contribution in [0, 0.1) is 6.92 Å². The number of pyridine rings is 1. The van der Waals surface area contributed by atoms with Crippen molar-refractivity contribution >= 4 is 17.6 Å². The molecule has 1 aliphatic rings. The number of anilines is 1. The molecule has 1 aromatic carbocycles. The molecule has 1 aromatic heterocycles. The molecule has 3 rings (SSSR count). The Labute approximate surface area is 177 Å². The Kier molecular flexibility index (Phi) is 7.41. The molecule has 1 aliphatic heterocycles. The van der Waals surface area contributed by atoms with Crippen molar-refractivity contribution in [2.24, 2.45) is 0 Å². The van der Waals surface area contributed by atoms with E-state index in [-0.39, 0.29) is 30.4 Å². The normalized spacial score (nSPS) is 17.3. The maximum absolute atomic E-state index is 12.5. The average Bonchev–Trinajstić information content (AvgIpc) is 2.72. The van der Waals surface area contributed by atoms with Gasteiger partial charge in [0.05, 0.1) is 25.2 Å². The van der Waals surface area contributed by atoms with E-state index in [0.29, 0.717) is 13.2 Å². The van der Waals surface area contributed by atoms with Crippen LogP contribution in [0.5, 0.6) is 0 Å². The van der Waals surface area contributed by atoms with Crippen LogP contribution >= 0.6 is 0 Å². The summed E-state index contributed by atoms with van der Waals surface area (Å²) in [7, 11) is 0. The number of aryl methyl sites for hydroxylation is 1. The third kappa shape index (κ3) is 6.29. The zero-order valence-electron chi connectivity index (χ0n) is 17.9. The highest BCUT2D eigenvalue weighted by Crippen LogP contribution is 2.18. The summed E-state index contributed by atoms with van der Waals surface area (Å²) < 4.78 is 5.57. The van der Waals surface area contributed by atoms with Crippen LogP contribution in [-0.2, 0) is 20.9 Å². The summed E-state index contributed by atoms with van der Waals surface area (Å²) in [6, 6.07) is 11.4. The van der Waals surface area contributed by atoms with Gasteiger partial charge in [-0.25, -0.2) is 4.98 Å².